The smallest absolute Gasteiger partial charge is 0.324 e. The fourth-order valence-electron chi connectivity index (χ4n) is 3.76. The SMILES string of the molecule is Cc1cc(S(=O)(=O)N[C@H]2C[C@H](C)C2)ccc1Nc1ncc(C(F)(F)F)c(-c2cnn(C)c2)n1. The van der Waals surface area contributed by atoms with Crippen molar-refractivity contribution < 1.29 is 21.6 Å². The third kappa shape index (κ3) is 5.01. The van der Waals surface area contributed by atoms with Crippen molar-refractivity contribution in [2.24, 2.45) is 13.0 Å². The molecule has 3 aromatic rings. The van der Waals surface area contributed by atoms with Crippen LogP contribution in [-0.2, 0) is 23.2 Å². The van der Waals surface area contributed by atoms with Crippen molar-refractivity contribution in [2.45, 2.75) is 43.8 Å². The second kappa shape index (κ2) is 8.41. The van der Waals surface area contributed by atoms with Crippen LogP contribution in [-0.4, -0.2) is 34.2 Å². The number of aryl methyl sites for hydroxylation is 2. The van der Waals surface area contributed by atoms with Gasteiger partial charge < -0.3 is 5.32 Å². The molecular weight excluding hydrogens is 457 g/mol. The van der Waals surface area contributed by atoms with E-state index in [-0.39, 0.29) is 28.1 Å². The van der Waals surface area contributed by atoms with Crippen molar-refractivity contribution in [1.29, 1.82) is 0 Å². The summed E-state index contributed by atoms with van der Waals surface area (Å²) in [6.07, 6.45) is 0.422. The third-order valence-electron chi connectivity index (χ3n) is 5.52. The molecule has 2 N–H and O–H groups in total. The molecule has 1 saturated carbocycles. The van der Waals surface area contributed by atoms with Crippen LogP contribution in [0.4, 0.5) is 24.8 Å². The summed E-state index contributed by atoms with van der Waals surface area (Å²) in [7, 11) is -2.07. The van der Waals surface area contributed by atoms with Gasteiger partial charge in [0.15, 0.2) is 0 Å². The van der Waals surface area contributed by atoms with Crippen LogP contribution in [0.3, 0.4) is 0 Å². The van der Waals surface area contributed by atoms with Gasteiger partial charge in [0.25, 0.3) is 0 Å². The van der Waals surface area contributed by atoms with Gasteiger partial charge in [-0.05, 0) is 49.4 Å². The second-order valence-electron chi connectivity index (χ2n) is 8.35. The van der Waals surface area contributed by atoms with E-state index in [1.54, 1.807) is 14.0 Å². The number of sulfonamides is 1. The summed E-state index contributed by atoms with van der Waals surface area (Å²) in [6.45, 7) is 3.76. The second-order valence-corrected chi connectivity index (χ2v) is 10.1. The number of benzene rings is 1. The largest absolute Gasteiger partial charge is 0.419 e. The maximum atomic E-state index is 13.5. The van der Waals surface area contributed by atoms with Crippen molar-refractivity contribution in [3.8, 4) is 11.3 Å². The molecule has 33 heavy (non-hydrogen) atoms. The average molecular weight is 481 g/mol. The first kappa shape index (κ1) is 23.2. The average Bonchev–Trinajstić information content (AvgIpc) is 3.13. The highest BCUT2D eigenvalue weighted by Crippen LogP contribution is 2.36. The molecule has 0 bridgehead atoms. The lowest BCUT2D eigenvalue weighted by atomic mass is 9.83. The third-order valence-corrected chi connectivity index (χ3v) is 7.04. The molecule has 2 aromatic heterocycles. The van der Waals surface area contributed by atoms with E-state index < -0.39 is 21.8 Å². The fourth-order valence-corrected chi connectivity index (χ4v) is 5.11. The van der Waals surface area contributed by atoms with Crippen molar-refractivity contribution in [3.05, 3.63) is 47.9 Å². The minimum atomic E-state index is -4.64. The molecule has 1 aliphatic rings. The quantitative estimate of drug-likeness (QED) is 0.553. The summed E-state index contributed by atoms with van der Waals surface area (Å²) in [5, 5.41) is 6.80. The van der Waals surface area contributed by atoms with Crippen LogP contribution in [0.1, 0.15) is 30.9 Å². The lowest BCUT2D eigenvalue weighted by Crippen LogP contribution is -2.43. The van der Waals surface area contributed by atoms with E-state index in [0.717, 1.165) is 19.0 Å². The highest BCUT2D eigenvalue weighted by molar-refractivity contribution is 7.89. The monoisotopic (exact) mass is 480 g/mol. The molecule has 0 amide bonds. The molecule has 1 fully saturated rings. The first-order valence-corrected chi connectivity index (χ1v) is 11.7. The lowest BCUT2D eigenvalue weighted by Gasteiger charge is -2.32. The standard InChI is InChI=1S/C21H23F3N6O2S/c1-12-6-15(7-12)29-33(31,32)16-4-5-18(13(2)8-16)27-20-25-10-17(21(22,23)24)19(28-20)14-9-26-30(3)11-14/h4-5,8-12,15,29H,6-7H2,1-3H3,(H,25,27,28)/t12-,15-. The van der Waals surface area contributed by atoms with Crippen molar-refractivity contribution in [2.75, 3.05) is 5.32 Å². The summed E-state index contributed by atoms with van der Waals surface area (Å²) in [6, 6.07) is 4.41. The number of anilines is 2. The number of hydrogen-bond donors (Lipinski definition) is 2. The molecule has 0 saturated heterocycles. The molecule has 0 radical (unpaired) electrons. The molecule has 0 spiro atoms. The molecule has 0 aliphatic heterocycles. The predicted molar refractivity (Wildman–Crippen MR) is 116 cm³/mol. The van der Waals surface area contributed by atoms with Gasteiger partial charge in [0.1, 0.15) is 5.56 Å². The Morgan fingerprint density at radius 3 is 2.48 bits per heavy atom. The Balaban J connectivity index is 1.60. The summed E-state index contributed by atoms with van der Waals surface area (Å²) in [5.74, 6) is 0.452. The van der Waals surface area contributed by atoms with E-state index in [2.05, 4.69) is 32.0 Å². The van der Waals surface area contributed by atoms with Gasteiger partial charge in [0, 0.05) is 36.7 Å². The van der Waals surface area contributed by atoms with Crippen LogP contribution in [0, 0.1) is 12.8 Å². The van der Waals surface area contributed by atoms with Crippen LogP contribution in [0.25, 0.3) is 11.3 Å². The molecule has 2 heterocycles. The fraction of sp³-hybridized carbons (Fsp3) is 0.381. The number of aromatic nitrogens is 4. The Kier molecular flexibility index (Phi) is 5.91. The minimum Gasteiger partial charge on any atom is -0.324 e. The Bertz CT molecular complexity index is 1280. The van der Waals surface area contributed by atoms with E-state index in [1.807, 2.05) is 0 Å². The van der Waals surface area contributed by atoms with Crippen molar-refractivity contribution >= 4 is 21.7 Å². The van der Waals surface area contributed by atoms with Gasteiger partial charge in [-0.2, -0.15) is 18.3 Å². The molecule has 1 aromatic carbocycles. The maximum absolute atomic E-state index is 13.5. The highest BCUT2D eigenvalue weighted by atomic mass is 32.2. The zero-order valence-corrected chi connectivity index (χ0v) is 19.0. The van der Waals surface area contributed by atoms with E-state index in [0.29, 0.717) is 17.2 Å². The van der Waals surface area contributed by atoms with E-state index >= 15 is 0 Å². The van der Waals surface area contributed by atoms with Gasteiger partial charge in [0.2, 0.25) is 16.0 Å². The normalized spacial score (nSPS) is 18.7. The number of nitrogens with one attached hydrogen (secondary N) is 2. The van der Waals surface area contributed by atoms with Crippen LogP contribution < -0.4 is 10.0 Å². The van der Waals surface area contributed by atoms with Gasteiger partial charge in [-0.25, -0.2) is 23.1 Å². The van der Waals surface area contributed by atoms with E-state index in [1.165, 1.54) is 35.3 Å². The highest BCUT2D eigenvalue weighted by Gasteiger charge is 2.36. The van der Waals surface area contributed by atoms with Crippen molar-refractivity contribution in [1.82, 2.24) is 24.5 Å². The van der Waals surface area contributed by atoms with E-state index in [9.17, 15) is 21.6 Å². The molecular formula is C21H23F3N6O2S. The summed E-state index contributed by atoms with van der Waals surface area (Å²) in [5.41, 5.74) is -0.0290. The van der Waals surface area contributed by atoms with Crippen LogP contribution in [0.2, 0.25) is 0 Å². The predicted octanol–water partition coefficient (Wildman–Crippen LogP) is 4.02. The summed E-state index contributed by atoms with van der Waals surface area (Å²) < 4.78 is 69.7. The Morgan fingerprint density at radius 2 is 1.91 bits per heavy atom. The zero-order valence-electron chi connectivity index (χ0n) is 18.2. The first-order valence-electron chi connectivity index (χ1n) is 10.3. The van der Waals surface area contributed by atoms with Gasteiger partial charge in [-0.3, -0.25) is 4.68 Å². The molecule has 1 aliphatic carbocycles. The van der Waals surface area contributed by atoms with Gasteiger partial charge in [0.05, 0.1) is 16.8 Å². The van der Waals surface area contributed by atoms with Crippen LogP contribution >= 0.6 is 0 Å². The maximum Gasteiger partial charge on any atom is 0.419 e. The Hall–Kier alpha value is -2.99. The molecule has 12 heteroatoms. The van der Waals surface area contributed by atoms with Crippen molar-refractivity contribution in [3.63, 3.8) is 0 Å². The number of alkyl halides is 3. The zero-order chi connectivity index (χ0) is 24.0. The van der Waals surface area contributed by atoms with Crippen LogP contribution in [0.5, 0.6) is 0 Å². The Morgan fingerprint density at radius 1 is 1.18 bits per heavy atom. The summed E-state index contributed by atoms with van der Waals surface area (Å²) >= 11 is 0. The molecule has 0 atom stereocenters. The minimum absolute atomic E-state index is 0.0536. The first-order chi connectivity index (χ1) is 15.4. The number of halogens is 3. The Labute approximate surface area is 189 Å². The van der Waals surface area contributed by atoms with E-state index in [4.69, 9.17) is 0 Å². The molecule has 8 nitrogen and oxygen atoms in total. The van der Waals surface area contributed by atoms with Gasteiger partial charge in [-0.15, -0.1) is 0 Å². The van der Waals surface area contributed by atoms with Gasteiger partial charge in [-0.1, -0.05) is 6.92 Å². The number of rotatable bonds is 6. The summed E-state index contributed by atoms with van der Waals surface area (Å²) in [4.78, 5) is 8.00. The molecule has 0 unspecified atom stereocenters. The lowest BCUT2D eigenvalue weighted by molar-refractivity contribution is -0.137. The number of nitrogens with zero attached hydrogens (tertiary/aromatic N) is 4. The molecule has 4 rings (SSSR count). The topological polar surface area (TPSA) is 102 Å². The van der Waals surface area contributed by atoms with Crippen LogP contribution in [0.15, 0.2) is 41.7 Å². The number of hydrogen-bond acceptors (Lipinski definition) is 6. The van der Waals surface area contributed by atoms with Gasteiger partial charge >= 0.3 is 6.18 Å². The molecule has 176 valence electrons.